The van der Waals surface area contributed by atoms with Crippen LogP contribution in [0.4, 0.5) is 0 Å². The van der Waals surface area contributed by atoms with Gasteiger partial charge in [-0.25, -0.2) is 0 Å². The zero-order valence-electron chi connectivity index (χ0n) is 6.86. The van der Waals surface area contributed by atoms with E-state index in [2.05, 4.69) is 0 Å². The fraction of sp³-hybridized carbons (Fsp3) is 0.222. The summed E-state index contributed by atoms with van der Waals surface area (Å²) in [4.78, 5) is 11.2. The van der Waals surface area contributed by atoms with Gasteiger partial charge in [0.2, 0.25) is 0 Å². The van der Waals surface area contributed by atoms with Crippen LogP contribution in [0.25, 0.3) is 0 Å². The lowest BCUT2D eigenvalue weighted by Crippen LogP contribution is -2.26. The second-order valence-electron chi connectivity index (χ2n) is 2.52. The van der Waals surface area contributed by atoms with Crippen LogP contribution in [-0.2, 0) is 0 Å². The van der Waals surface area contributed by atoms with Gasteiger partial charge in [-0.1, -0.05) is 30.3 Å². The molecular formula is C9H12ClNO. The summed E-state index contributed by atoms with van der Waals surface area (Å²) in [6.45, 7) is 1.69. The van der Waals surface area contributed by atoms with Crippen LogP contribution in [0.15, 0.2) is 30.3 Å². The standard InChI is InChI=1S/C9H11NO.ClH/c1-7(10)9(11)8-5-3-2-4-6-8;/h2-7H,10H2,1H3;1H/t7-;/m0./s1. The number of hydrogen-bond donors (Lipinski definition) is 1. The SMILES string of the molecule is C[C@H](N)C(=O)c1ccccc1.Cl. The molecule has 1 atom stereocenters. The van der Waals surface area contributed by atoms with Crippen molar-refractivity contribution in [3.05, 3.63) is 35.9 Å². The van der Waals surface area contributed by atoms with E-state index in [-0.39, 0.29) is 18.2 Å². The zero-order valence-corrected chi connectivity index (χ0v) is 7.67. The number of rotatable bonds is 2. The van der Waals surface area contributed by atoms with Crippen LogP contribution in [0.5, 0.6) is 0 Å². The Balaban J connectivity index is 0.00000121. The van der Waals surface area contributed by atoms with Gasteiger partial charge in [-0.15, -0.1) is 12.4 Å². The first-order valence-corrected chi connectivity index (χ1v) is 3.56. The number of halogens is 1. The highest BCUT2D eigenvalue weighted by Gasteiger charge is 2.08. The molecule has 0 unspecified atom stereocenters. The summed E-state index contributed by atoms with van der Waals surface area (Å²) < 4.78 is 0. The van der Waals surface area contributed by atoms with Crippen molar-refractivity contribution in [1.82, 2.24) is 0 Å². The van der Waals surface area contributed by atoms with Gasteiger partial charge in [-0.05, 0) is 6.92 Å². The van der Waals surface area contributed by atoms with Crippen molar-refractivity contribution in [1.29, 1.82) is 0 Å². The molecule has 1 aromatic carbocycles. The summed E-state index contributed by atoms with van der Waals surface area (Å²) in [5, 5.41) is 0. The Labute approximate surface area is 78.2 Å². The van der Waals surface area contributed by atoms with Crippen molar-refractivity contribution >= 4 is 18.2 Å². The first-order chi connectivity index (χ1) is 5.22. The highest BCUT2D eigenvalue weighted by molar-refractivity contribution is 5.99. The third-order valence-corrected chi connectivity index (χ3v) is 1.47. The summed E-state index contributed by atoms with van der Waals surface area (Å²) in [7, 11) is 0. The van der Waals surface area contributed by atoms with E-state index in [1.807, 2.05) is 18.2 Å². The number of ketones is 1. The van der Waals surface area contributed by atoms with Gasteiger partial charge in [0.1, 0.15) is 0 Å². The van der Waals surface area contributed by atoms with Crippen molar-refractivity contribution < 1.29 is 4.79 Å². The van der Waals surface area contributed by atoms with E-state index < -0.39 is 6.04 Å². The van der Waals surface area contributed by atoms with E-state index in [0.717, 1.165) is 0 Å². The molecule has 2 N–H and O–H groups in total. The maximum atomic E-state index is 11.2. The molecule has 66 valence electrons. The van der Waals surface area contributed by atoms with Crippen molar-refractivity contribution in [3.63, 3.8) is 0 Å². The topological polar surface area (TPSA) is 43.1 Å². The minimum Gasteiger partial charge on any atom is -0.321 e. The first kappa shape index (κ1) is 11.1. The molecule has 0 amide bonds. The Morgan fingerprint density at radius 3 is 2.25 bits per heavy atom. The third kappa shape index (κ3) is 2.64. The third-order valence-electron chi connectivity index (χ3n) is 1.47. The molecule has 0 aromatic heterocycles. The van der Waals surface area contributed by atoms with Gasteiger partial charge in [-0.2, -0.15) is 0 Å². The molecule has 12 heavy (non-hydrogen) atoms. The molecule has 0 fully saturated rings. The van der Waals surface area contributed by atoms with Crippen LogP contribution in [0.1, 0.15) is 17.3 Å². The van der Waals surface area contributed by atoms with Crippen LogP contribution < -0.4 is 5.73 Å². The van der Waals surface area contributed by atoms with Gasteiger partial charge in [-0.3, -0.25) is 4.79 Å². The average Bonchev–Trinajstić information content (AvgIpc) is 2.05. The van der Waals surface area contributed by atoms with E-state index in [9.17, 15) is 4.79 Å². The molecule has 0 saturated carbocycles. The van der Waals surface area contributed by atoms with Gasteiger partial charge in [0.05, 0.1) is 6.04 Å². The number of carbonyl (C=O) groups excluding carboxylic acids is 1. The quantitative estimate of drug-likeness (QED) is 0.712. The molecule has 3 heteroatoms. The molecule has 1 aromatic rings. The normalized spacial score (nSPS) is 11.5. The molecular weight excluding hydrogens is 174 g/mol. The molecule has 0 aliphatic rings. The molecule has 0 aliphatic carbocycles. The Hall–Kier alpha value is -0.860. The Bertz CT molecular complexity index is 246. The molecule has 2 nitrogen and oxygen atoms in total. The average molecular weight is 186 g/mol. The van der Waals surface area contributed by atoms with Gasteiger partial charge >= 0.3 is 0 Å². The summed E-state index contributed by atoms with van der Waals surface area (Å²) in [5.41, 5.74) is 6.10. The van der Waals surface area contributed by atoms with Gasteiger partial charge < -0.3 is 5.73 Å². The van der Waals surface area contributed by atoms with Crippen molar-refractivity contribution in [2.45, 2.75) is 13.0 Å². The predicted molar refractivity (Wildman–Crippen MR) is 51.7 cm³/mol. The van der Waals surface area contributed by atoms with Crippen LogP contribution in [0.3, 0.4) is 0 Å². The number of hydrogen-bond acceptors (Lipinski definition) is 2. The minimum absolute atomic E-state index is 0. The molecule has 0 radical (unpaired) electrons. The van der Waals surface area contributed by atoms with E-state index in [4.69, 9.17) is 5.73 Å². The van der Waals surface area contributed by atoms with Gasteiger partial charge in [0, 0.05) is 5.56 Å². The van der Waals surface area contributed by atoms with E-state index in [0.29, 0.717) is 5.56 Å². The number of carbonyl (C=O) groups is 1. The summed E-state index contributed by atoms with van der Waals surface area (Å²) in [6, 6.07) is 8.66. The second kappa shape index (κ2) is 4.91. The van der Waals surface area contributed by atoms with Gasteiger partial charge in [0.25, 0.3) is 0 Å². The molecule has 0 saturated heterocycles. The monoisotopic (exact) mass is 185 g/mol. The number of nitrogens with two attached hydrogens (primary N) is 1. The fourth-order valence-corrected chi connectivity index (χ4v) is 0.865. The van der Waals surface area contributed by atoms with Crippen molar-refractivity contribution in [2.75, 3.05) is 0 Å². The zero-order chi connectivity index (χ0) is 8.27. The van der Waals surface area contributed by atoms with Crippen molar-refractivity contribution in [3.8, 4) is 0 Å². The van der Waals surface area contributed by atoms with Crippen LogP contribution in [0, 0.1) is 0 Å². The largest absolute Gasteiger partial charge is 0.321 e. The lowest BCUT2D eigenvalue weighted by atomic mass is 10.1. The highest BCUT2D eigenvalue weighted by Crippen LogP contribution is 2.01. The predicted octanol–water partition coefficient (Wildman–Crippen LogP) is 1.64. The molecule has 1 rings (SSSR count). The minimum atomic E-state index is -0.405. The van der Waals surface area contributed by atoms with Crippen LogP contribution in [-0.4, -0.2) is 11.8 Å². The molecule has 0 spiro atoms. The highest BCUT2D eigenvalue weighted by atomic mass is 35.5. The smallest absolute Gasteiger partial charge is 0.179 e. The van der Waals surface area contributed by atoms with Crippen LogP contribution in [0.2, 0.25) is 0 Å². The van der Waals surface area contributed by atoms with Gasteiger partial charge in [0.15, 0.2) is 5.78 Å². The second-order valence-corrected chi connectivity index (χ2v) is 2.52. The number of Topliss-reactive ketones (excluding diaryl/α,β-unsaturated/α-hetero) is 1. The number of benzene rings is 1. The molecule has 0 heterocycles. The summed E-state index contributed by atoms with van der Waals surface area (Å²) >= 11 is 0. The maximum absolute atomic E-state index is 11.2. The fourth-order valence-electron chi connectivity index (χ4n) is 0.865. The molecule has 0 bridgehead atoms. The van der Waals surface area contributed by atoms with E-state index in [1.165, 1.54) is 0 Å². The van der Waals surface area contributed by atoms with E-state index >= 15 is 0 Å². The maximum Gasteiger partial charge on any atom is 0.179 e. The Morgan fingerprint density at radius 1 is 1.33 bits per heavy atom. The lowest BCUT2D eigenvalue weighted by Gasteiger charge is -2.02. The molecule has 0 aliphatic heterocycles. The van der Waals surface area contributed by atoms with Crippen LogP contribution >= 0.6 is 12.4 Å². The Kier molecular flexibility index (Phi) is 4.55. The Morgan fingerprint density at radius 2 is 1.83 bits per heavy atom. The lowest BCUT2D eigenvalue weighted by molar-refractivity contribution is 0.0968. The van der Waals surface area contributed by atoms with E-state index in [1.54, 1.807) is 19.1 Å². The summed E-state index contributed by atoms with van der Waals surface area (Å²) in [6.07, 6.45) is 0. The first-order valence-electron chi connectivity index (χ1n) is 3.56. The van der Waals surface area contributed by atoms with Crippen molar-refractivity contribution in [2.24, 2.45) is 5.73 Å². The summed E-state index contributed by atoms with van der Waals surface area (Å²) in [5.74, 6) is -0.00870.